The Bertz CT molecular complexity index is 199. The molecule has 0 atom stereocenters. The summed E-state index contributed by atoms with van der Waals surface area (Å²) in [6.07, 6.45) is 7.66. The van der Waals surface area contributed by atoms with Crippen LogP contribution in [0.2, 0.25) is 0 Å². The Morgan fingerprint density at radius 2 is 2.08 bits per heavy atom. The predicted molar refractivity (Wildman–Crippen MR) is 45.5 cm³/mol. The van der Waals surface area contributed by atoms with E-state index in [2.05, 4.69) is 27.5 Å². The fourth-order valence-electron chi connectivity index (χ4n) is 1.07. The Balaban J connectivity index is 2.16. The highest BCUT2D eigenvalue weighted by atomic mass is 15.4. The fraction of sp³-hybridized carbons (Fsp3) is 0.750. The summed E-state index contributed by atoms with van der Waals surface area (Å²) >= 11 is 0. The van der Waals surface area contributed by atoms with Crippen LogP contribution in [0.4, 0.5) is 0 Å². The molecule has 0 spiro atoms. The van der Waals surface area contributed by atoms with Crippen LogP contribution in [0, 0.1) is 0 Å². The van der Waals surface area contributed by atoms with E-state index < -0.39 is 0 Å². The predicted octanol–water partition coefficient (Wildman–Crippen LogP) is 1.39. The molecule has 0 saturated heterocycles. The highest BCUT2D eigenvalue weighted by Crippen LogP contribution is 2.02. The quantitative estimate of drug-likeness (QED) is 0.620. The summed E-state index contributed by atoms with van der Waals surface area (Å²) in [6, 6.07) is 0. The van der Waals surface area contributed by atoms with Crippen LogP contribution in [0.3, 0.4) is 0 Å². The molecule has 4 heteroatoms. The molecule has 0 aromatic carbocycles. The lowest BCUT2D eigenvalue weighted by molar-refractivity contribution is 0.639. The zero-order chi connectivity index (χ0) is 8.65. The molecule has 0 aliphatic carbocycles. The zero-order valence-corrected chi connectivity index (χ0v) is 7.40. The van der Waals surface area contributed by atoms with Crippen LogP contribution in [0.1, 0.15) is 38.3 Å². The van der Waals surface area contributed by atoms with E-state index in [-0.39, 0.29) is 0 Å². The van der Waals surface area contributed by atoms with E-state index in [1.165, 1.54) is 25.7 Å². The van der Waals surface area contributed by atoms with Gasteiger partial charge in [0, 0.05) is 0 Å². The summed E-state index contributed by atoms with van der Waals surface area (Å²) < 4.78 is 0. The molecule has 0 radical (unpaired) electrons. The number of nitrogens with zero attached hydrogens (tertiary/aromatic N) is 4. The molecule has 0 bridgehead atoms. The first-order valence-electron chi connectivity index (χ1n) is 4.43. The summed E-state index contributed by atoms with van der Waals surface area (Å²) in [5.74, 6) is 0. The molecule has 0 amide bonds. The number of hydrogen-bond acceptors (Lipinski definition) is 4. The molecule has 1 rings (SSSR count). The van der Waals surface area contributed by atoms with Crippen LogP contribution < -0.4 is 0 Å². The van der Waals surface area contributed by atoms with Crippen molar-refractivity contribution in [3.05, 3.63) is 11.9 Å². The topological polar surface area (TPSA) is 51.6 Å². The first-order chi connectivity index (χ1) is 5.93. The van der Waals surface area contributed by atoms with Crippen molar-refractivity contribution in [3.63, 3.8) is 0 Å². The highest BCUT2D eigenvalue weighted by Gasteiger charge is 1.94. The largest absolute Gasteiger partial charge is 0.135 e. The Morgan fingerprint density at radius 1 is 1.17 bits per heavy atom. The van der Waals surface area contributed by atoms with Crippen LogP contribution in [0.25, 0.3) is 0 Å². The SMILES string of the molecule is CCCCCCc1cnnnn1. The lowest BCUT2D eigenvalue weighted by Crippen LogP contribution is -1.97. The van der Waals surface area contributed by atoms with Crippen molar-refractivity contribution in [2.24, 2.45) is 0 Å². The number of unbranched alkanes of at least 4 members (excludes halogenated alkanes) is 3. The Hall–Kier alpha value is -1.06. The summed E-state index contributed by atoms with van der Waals surface area (Å²) in [6.45, 7) is 2.20. The van der Waals surface area contributed by atoms with Gasteiger partial charge in [0.2, 0.25) is 0 Å². The van der Waals surface area contributed by atoms with Crippen molar-refractivity contribution in [1.82, 2.24) is 20.6 Å². The average molecular weight is 166 g/mol. The van der Waals surface area contributed by atoms with Crippen LogP contribution >= 0.6 is 0 Å². The van der Waals surface area contributed by atoms with Gasteiger partial charge in [0.15, 0.2) is 0 Å². The molecule has 1 aromatic rings. The Labute approximate surface area is 72.4 Å². The third-order valence-electron chi connectivity index (χ3n) is 1.76. The van der Waals surface area contributed by atoms with Crippen molar-refractivity contribution in [2.45, 2.75) is 39.0 Å². The van der Waals surface area contributed by atoms with E-state index in [1.54, 1.807) is 6.20 Å². The lowest BCUT2D eigenvalue weighted by Gasteiger charge is -1.96. The molecule has 0 fully saturated rings. The smallest absolute Gasteiger partial charge is 0.0851 e. The fourth-order valence-corrected chi connectivity index (χ4v) is 1.07. The van der Waals surface area contributed by atoms with Crippen LogP contribution in [0.5, 0.6) is 0 Å². The monoisotopic (exact) mass is 166 g/mol. The molecule has 0 saturated carbocycles. The van der Waals surface area contributed by atoms with Crippen molar-refractivity contribution in [3.8, 4) is 0 Å². The van der Waals surface area contributed by atoms with Gasteiger partial charge in [-0.15, -0.1) is 10.2 Å². The summed E-state index contributed by atoms with van der Waals surface area (Å²) in [5, 5.41) is 14.4. The van der Waals surface area contributed by atoms with Gasteiger partial charge in [0.05, 0.1) is 11.9 Å². The molecule has 0 aliphatic rings. The Kier molecular flexibility index (Phi) is 4.19. The molecule has 0 unspecified atom stereocenters. The van der Waals surface area contributed by atoms with Gasteiger partial charge in [-0.05, 0) is 23.3 Å². The third kappa shape index (κ3) is 3.37. The third-order valence-corrected chi connectivity index (χ3v) is 1.76. The van der Waals surface area contributed by atoms with Crippen molar-refractivity contribution in [2.75, 3.05) is 0 Å². The second-order valence-corrected chi connectivity index (χ2v) is 2.83. The van der Waals surface area contributed by atoms with Crippen molar-refractivity contribution < 1.29 is 0 Å². The minimum Gasteiger partial charge on any atom is -0.135 e. The summed E-state index contributed by atoms with van der Waals surface area (Å²) in [4.78, 5) is 0. The second-order valence-electron chi connectivity index (χ2n) is 2.83. The number of hydrogen-bond donors (Lipinski definition) is 0. The molecule has 4 nitrogen and oxygen atoms in total. The van der Waals surface area contributed by atoms with E-state index in [0.717, 1.165) is 12.1 Å². The summed E-state index contributed by atoms with van der Waals surface area (Å²) in [7, 11) is 0. The number of rotatable bonds is 5. The maximum absolute atomic E-state index is 3.85. The van der Waals surface area contributed by atoms with E-state index in [1.807, 2.05) is 0 Å². The minimum atomic E-state index is 0.945. The zero-order valence-electron chi connectivity index (χ0n) is 7.40. The van der Waals surface area contributed by atoms with Gasteiger partial charge in [0.1, 0.15) is 0 Å². The molecule has 12 heavy (non-hydrogen) atoms. The maximum Gasteiger partial charge on any atom is 0.0851 e. The second kappa shape index (κ2) is 5.57. The minimum absolute atomic E-state index is 0.945. The maximum atomic E-state index is 3.85. The molecular weight excluding hydrogens is 152 g/mol. The number of aryl methyl sites for hydroxylation is 1. The first-order valence-corrected chi connectivity index (χ1v) is 4.43. The van der Waals surface area contributed by atoms with Gasteiger partial charge in [-0.3, -0.25) is 0 Å². The van der Waals surface area contributed by atoms with Crippen LogP contribution in [0.15, 0.2) is 6.20 Å². The van der Waals surface area contributed by atoms with E-state index in [0.29, 0.717) is 0 Å². The van der Waals surface area contributed by atoms with Gasteiger partial charge in [-0.1, -0.05) is 26.2 Å². The lowest BCUT2D eigenvalue weighted by atomic mass is 10.1. The van der Waals surface area contributed by atoms with Gasteiger partial charge in [-0.2, -0.15) is 0 Å². The normalized spacial score (nSPS) is 10.1. The van der Waals surface area contributed by atoms with Crippen LogP contribution in [-0.2, 0) is 6.42 Å². The Morgan fingerprint density at radius 3 is 2.75 bits per heavy atom. The van der Waals surface area contributed by atoms with E-state index in [9.17, 15) is 0 Å². The molecule has 0 aliphatic heterocycles. The van der Waals surface area contributed by atoms with E-state index >= 15 is 0 Å². The van der Waals surface area contributed by atoms with Gasteiger partial charge in [-0.25, -0.2) is 0 Å². The standard InChI is InChI=1S/C8H14N4/c1-2-3-4-5-6-8-7-9-11-12-10-8/h7H,2-6H2,1H3. The van der Waals surface area contributed by atoms with Gasteiger partial charge < -0.3 is 0 Å². The van der Waals surface area contributed by atoms with Crippen molar-refractivity contribution in [1.29, 1.82) is 0 Å². The molecular formula is C8H14N4. The number of aromatic nitrogens is 4. The van der Waals surface area contributed by atoms with Gasteiger partial charge in [0.25, 0.3) is 0 Å². The average Bonchev–Trinajstić information content (AvgIpc) is 2.14. The summed E-state index contributed by atoms with van der Waals surface area (Å²) in [5.41, 5.74) is 0.945. The molecule has 1 heterocycles. The van der Waals surface area contributed by atoms with Crippen LogP contribution in [-0.4, -0.2) is 20.6 Å². The molecule has 1 aromatic heterocycles. The van der Waals surface area contributed by atoms with E-state index in [4.69, 9.17) is 0 Å². The molecule has 0 N–H and O–H groups in total. The highest BCUT2D eigenvalue weighted by molar-refractivity contribution is 4.88. The van der Waals surface area contributed by atoms with Crippen molar-refractivity contribution >= 4 is 0 Å². The first kappa shape index (κ1) is 9.03. The van der Waals surface area contributed by atoms with Gasteiger partial charge >= 0.3 is 0 Å². The molecule has 66 valence electrons.